The van der Waals surface area contributed by atoms with Crippen LogP contribution in [0.1, 0.15) is 18.1 Å². The molecule has 0 saturated carbocycles. The average Bonchev–Trinajstić information content (AvgIpc) is 2.48. The van der Waals surface area contributed by atoms with Gasteiger partial charge in [-0.2, -0.15) is 0 Å². The minimum absolute atomic E-state index is 0.223. The van der Waals surface area contributed by atoms with E-state index in [0.29, 0.717) is 0 Å². The van der Waals surface area contributed by atoms with Crippen molar-refractivity contribution in [3.8, 4) is 0 Å². The Hall–Kier alpha value is -2.29. The van der Waals surface area contributed by atoms with Gasteiger partial charge in [0.1, 0.15) is 6.17 Å². The number of nitrogens with zero attached hydrogens (tertiary/aromatic N) is 2. The van der Waals surface area contributed by atoms with Gasteiger partial charge in [0.25, 0.3) is 0 Å². The van der Waals surface area contributed by atoms with E-state index in [1.165, 1.54) is 28.0 Å². The second-order valence-electron chi connectivity index (χ2n) is 5.64. The zero-order valence-corrected chi connectivity index (χ0v) is 12.8. The maximum atomic E-state index is 4.22. The van der Waals surface area contributed by atoms with Crippen molar-refractivity contribution in [2.45, 2.75) is 20.0 Å². The van der Waals surface area contributed by atoms with E-state index in [1.807, 2.05) is 13.3 Å². The molecule has 108 valence electrons. The van der Waals surface area contributed by atoms with Crippen LogP contribution >= 0.6 is 0 Å². The second kappa shape index (κ2) is 5.60. The molecule has 0 fully saturated rings. The molecule has 0 amide bonds. The summed E-state index contributed by atoms with van der Waals surface area (Å²) in [5, 5.41) is 3.64. The highest BCUT2D eigenvalue weighted by molar-refractivity contribution is 5.91. The molecule has 1 N–H and O–H groups in total. The quantitative estimate of drug-likeness (QED) is 0.842. The van der Waals surface area contributed by atoms with E-state index in [9.17, 15) is 0 Å². The van der Waals surface area contributed by atoms with Gasteiger partial charge in [-0.1, -0.05) is 29.8 Å². The number of nitrogens with one attached hydrogen (secondary N) is 1. The molecule has 0 aromatic heterocycles. The molecule has 0 bridgehead atoms. The molecule has 0 radical (unpaired) electrons. The normalized spacial score (nSPS) is 21.4. The average molecular weight is 279 g/mol. The molecule has 1 aromatic rings. The Labute approximate surface area is 126 Å². The number of aryl methyl sites for hydroxylation is 1. The van der Waals surface area contributed by atoms with Gasteiger partial charge in [0.05, 0.1) is 0 Å². The van der Waals surface area contributed by atoms with Crippen LogP contribution in [0.25, 0.3) is 5.70 Å². The van der Waals surface area contributed by atoms with Crippen LogP contribution in [0.3, 0.4) is 0 Å². The van der Waals surface area contributed by atoms with Crippen molar-refractivity contribution < 1.29 is 0 Å². The van der Waals surface area contributed by atoms with Gasteiger partial charge < -0.3 is 10.2 Å². The van der Waals surface area contributed by atoms with E-state index in [0.717, 1.165) is 6.54 Å². The van der Waals surface area contributed by atoms with Gasteiger partial charge in [0, 0.05) is 37.3 Å². The summed E-state index contributed by atoms with van der Waals surface area (Å²) in [6.45, 7) is 5.12. The van der Waals surface area contributed by atoms with Gasteiger partial charge in [-0.25, -0.2) is 0 Å². The van der Waals surface area contributed by atoms with Crippen molar-refractivity contribution >= 4 is 11.9 Å². The summed E-state index contributed by atoms with van der Waals surface area (Å²) in [6, 6.07) is 8.65. The van der Waals surface area contributed by atoms with Crippen LogP contribution in [0, 0.1) is 6.92 Å². The Kier molecular flexibility index (Phi) is 3.65. The minimum atomic E-state index is 0.223. The lowest BCUT2D eigenvalue weighted by Crippen LogP contribution is -2.47. The monoisotopic (exact) mass is 279 g/mol. The van der Waals surface area contributed by atoms with Crippen molar-refractivity contribution in [1.82, 2.24) is 10.2 Å². The largest absolute Gasteiger partial charge is 0.361 e. The number of benzene rings is 1. The first kappa shape index (κ1) is 13.7. The number of rotatable bonds is 2. The second-order valence-corrected chi connectivity index (χ2v) is 5.64. The molecule has 3 heteroatoms. The van der Waals surface area contributed by atoms with Gasteiger partial charge in [-0.05, 0) is 37.1 Å². The molecule has 3 nitrogen and oxygen atoms in total. The third-order valence-corrected chi connectivity index (χ3v) is 3.90. The van der Waals surface area contributed by atoms with E-state index in [-0.39, 0.29) is 6.17 Å². The SMILES string of the molecule is CN=CC1=C(c2ccc(C)cc2)NC2C=C(C)C=CN2C1. The molecule has 1 unspecified atom stereocenters. The Morgan fingerprint density at radius 2 is 2.00 bits per heavy atom. The smallest absolute Gasteiger partial charge is 0.119 e. The summed E-state index contributed by atoms with van der Waals surface area (Å²) < 4.78 is 0. The van der Waals surface area contributed by atoms with Crippen LogP contribution < -0.4 is 5.32 Å². The highest BCUT2D eigenvalue weighted by Crippen LogP contribution is 2.25. The van der Waals surface area contributed by atoms with Gasteiger partial charge in [0.2, 0.25) is 0 Å². The lowest BCUT2D eigenvalue weighted by atomic mass is 10.0. The van der Waals surface area contributed by atoms with Gasteiger partial charge >= 0.3 is 0 Å². The highest BCUT2D eigenvalue weighted by Gasteiger charge is 2.25. The summed E-state index contributed by atoms with van der Waals surface area (Å²) in [5.74, 6) is 0. The lowest BCUT2D eigenvalue weighted by molar-refractivity contribution is 0.307. The van der Waals surface area contributed by atoms with Crippen LogP contribution in [0.4, 0.5) is 0 Å². The number of hydrogen-bond donors (Lipinski definition) is 1. The number of hydrogen-bond acceptors (Lipinski definition) is 3. The summed E-state index contributed by atoms with van der Waals surface area (Å²) in [7, 11) is 1.82. The fourth-order valence-electron chi connectivity index (χ4n) is 2.75. The van der Waals surface area contributed by atoms with Crippen LogP contribution in [-0.2, 0) is 0 Å². The molecule has 2 aliphatic heterocycles. The molecule has 3 rings (SSSR count). The zero-order valence-electron chi connectivity index (χ0n) is 12.8. The molecule has 0 saturated heterocycles. The van der Waals surface area contributed by atoms with Crippen molar-refractivity contribution in [3.05, 3.63) is 64.9 Å². The molecule has 1 aromatic carbocycles. The fourth-order valence-corrected chi connectivity index (χ4v) is 2.75. The molecule has 0 aliphatic carbocycles. The Balaban J connectivity index is 2.01. The van der Waals surface area contributed by atoms with Crippen LogP contribution in [-0.4, -0.2) is 30.9 Å². The van der Waals surface area contributed by atoms with Crippen molar-refractivity contribution in [1.29, 1.82) is 0 Å². The molecule has 1 atom stereocenters. The van der Waals surface area contributed by atoms with E-state index >= 15 is 0 Å². The highest BCUT2D eigenvalue weighted by atomic mass is 15.3. The first-order chi connectivity index (χ1) is 10.2. The molecule has 0 spiro atoms. The Morgan fingerprint density at radius 3 is 2.71 bits per heavy atom. The number of allylic oxidation sites excluding steroid dienone is 2. The van der Waals surface area contributed by atoms with Gasteiger partial charge in [0.15, 0.2) is 0 Å². The molecule has 21 heavy (non-hydrogen) atoms. The minimum Gasteiger partial charge on any atom is -0.361 e. The Bertz CT molecular complexity index is 648. The van der Waals surface area contributed by atoms with Crippen molar-refractivity contribution in [2.24, 2.45) is 4.99 Å². The maximum absolute atomic E-state index is 4.22. The zero-order chi connectivity index (χ0) is 14.8. The van der Waals surface area contributed by atoms with Crippen LogP contribution in [0.2, 0.25) is 0 Å². The van der Waals surface area contributed by atoms with Crippen LogP contribution in [0.15, 0.2) is 58.8 Å². The number of aliphatic imine (C=N–C) groups is 1. The van der Waals surface area contributed by atoms with Gasteiger partial charge in [-0.15, -0.1) is 0 Å². The van der Waals surface area contributed by atoms with E-state index in [1.54, 1.807) is 0 Å². The Morgan fingerprint density at radius 1 is 1.24 bits per heavy atom. The summed E-state index contributed by atoms with van der Waals surface area (Å²) >= 11 is 0. The molecular weight excluding hydrogens is 258 g/mol. The fraction of sp³-hybridized carbons (Fsp3) is 0.278. The van der Waals surface area contributed by atoms with Gasteiger partial charge in [-0.3, -0.25) is 4.99 Å². The van der Waals surface area contributed by atoms with E-state index < -0.39 is 0 Å². The summed E-state index contributed by atoms with van der Waals surface area (Å²) in [6.07, 6.45) is 8.74. The maximum Gasteiger partial charge on any atom is 0.119 e. The summed E-state index contributed by atoms with van der Waals surface area (Å²) in [4.78, 5) is 6.51. The molecule has 2 aliphatic rings. The predicted octanol–water partition coefficient (Wildman–Crippen LogP) is 3.11. The van der Waals surface area contributed by atoms with Crippen molar-refractivity contribution in [2.75, 3.05) is 13.6 Å². The third kappa shape index (κ3) is 2.77. The first-order valence-corrected chi connectivity index (χ1v) is 7.28. The number of fused-ring (bicyclic) bond motifs is 1. The van der Waals surface area contributed by atoms with Crippen LogP contribution in [0.5, 0.6) is 0 Å². The molecule has 2 heterocycles. The summed E-state index contributed by atoms with van der Waals surface area (Å²) in [5.41, 5.74) is 6.19. The van der Waals surface area contributed by atoms with E-state index in [2.05, 4.69) is 71.7 Å². The predicted molar refractivity (Wildman–Crippen MR) is 89.0 cm³/mol. The van der Waals surface area contributed by atoms with E-state index in [4.69, 9.17) is 0 Å². The standard InChI is InChI=1S/C18H21N3/c1-13-4-6-15(7-5-13)18-16(11-19-3)12-21-9-8-14(2)10-17(21)20-18/h4-11,17,20H,12H2,1-3H3. The third-order valence-electron chi connectivity index (χ3n) is 3.90. The lowest BCUT2D eigenvalue weighted by Gasteiger charge is -2.38. The molecular formula is C18H21N3. The van der Waals surface area contributed by atoms with Crippen molar-refractivity contribution in [3.63, 3.8) is 0 Å². The first-order valence-electron chi connectivity index (χ1n) is 7.28. The topological polar surface area (TPSA) is 27.6 Å².